The lowest BCUT2D eigenvalue weighted by atomic mass is 9.63. The van der Waals surface area contributed by atoms with Gasteiger partial charge in [-0.1, -0.05) is 33.8 Å². The predicted molar refractivity (Wildman–Crippen MR) is 83.1 cm³/mol. The van der Waals surface area contributed by atoms with Crippen LogP contribution in [-0.2, 0) is 0 Å². The summed E-state index contributed by atoms with van der Waals surface area (Å²) in [7, 11) is 0. The Kier molecular flexibility index (Phi) is 4.44. The maximum atomic E-state index is 13.4. The van der Waals surface area contributed by atoms with E-state index in [4.69, 9.17) is 0 Å². The van der Waals surface area contributed by atoms with E-state index in [-0.39, 0.29) is 6.04 Å². The molecule has 0 saturated heterocycles. The summed E-state index contributed by atoms with van der Waals surface area (Å²) in [5.74, 6) is -1.56. The maximum Gasteiger partial charge on any atom is 0.159 e. The van der Waals surface area contributed by atoms with Crippen LogP contribution >= 0.6 is 0 Å². The third-order valence-corrected chi connectivity index (χ3v) is 4.48. The minimum atomic E-state index is -0.786. The van der Waals surface area contributed by atoms with Gasteiger partial charge in [0.25, 0.3) is 0 Å². The summed E-state index contributed by atoms with van der Waals surface area (Å²) in [6.45, 7) is 11.3. The summed E-state index contributed by atoms with van der Waals surface area (Å²) < 4.78 is 26.4. The molecule has 1 nitrogen and oxygen atoms in total. The SMILES string of the molecule is CC(NC1CC(C)(C)CC(C)(C)C1)c1ccc(F)c(F)c1. The summed E-state index contributed by atoms with van der Waals surface area (Å²) in [4.78, 5) is 0. The molecule has 1 aromatic carbocycles. The summed E-state index contributed by atoms with van der Waals surface area (Å²) in [6, 6.07) is 4.60. The molecular weight excluding hydrogens is 268 g/mol. The number of hydrogen-bond acceptors (Lipinski definition) is 1. The van der Waals surface area contributed by atoms with Gasteiger partial charge in [-0.25, -0.2) is 8.78 Å². The molecule has 0 aliphatic heterocycles. The van der Waals surface area contributed by atoms with Gasteiger partial charge in [0.05, 0.1) is 0 Å². The molecule has 1 fully saturated rings. The molecule has 1 atom stereocenters. The number of rotatable bonds is 3. The molecule has 0 aromatic heterocycles. The van der Waals surface area contributed by atoms with Gasteiger partial charge in [0.1, 0.15) is 0 Å². The van der Waals surface area contributed by atoms with Crippen LogP contribution in [0.15, 0.2) is 18.2 Å². The van der Waals surface area contributed by atoms with Gasteiger partial charge in [0, 0.05) is 12.1 Å². The average Bonchev–Trinajstić information content (AvgIpc) is 2.28. The highest BCUT2D eigenvalue weighted by Crippen LogP contribution is 2.46. The Labute approximate surface area is 127 Å². The van der Waals surface area contributed by atoms with Gasteiger partial charge in [0.15, 0.2) is 11.6 Å². The molecular formula is C18H27F2N. The van der Waals surface area contributed by atoms with E-state index in [1.165, 1.54) is 18.6 Å². The second kappa shape index (κ2) is 5.68. The van der Waals surface area contributed by atoms with Gasteiger partial charge in [-0.2, -0.15) is 0 Å². The van der Waals surface area contributed by atoms with Crippen LogP contribution in [0.1, 0.15) is 65.5 Å². The fraction of sp³-hybridized carbons (Fsp3) is 0.667. The molecule has 118 valence electrons. The van der Waals surface area contributed by atoms with Crippen LogP contribution in [0, 0.1) is 22.5 Å². The van der Waals surface area contributed by atoms with E-state index in [1.807, 2.05) is 6.92 Å². The van der Waals surface area contributed by atoms with Gasteiger partial charge in [-0.3, -0.25) is 0 Å². The fourth-order valence-corrected chi connectivity index (χ4v) is 4.20. The first-order valence-electron chi connectivity index (χ1n) is 7.79. The van der Waals surface area contributed by atoms with Crippen molar-refractivity contribution in [2.45, 2.75) is 66.0 Å². The molecule has 1 N–H and O–H groups in total. The number of benzene rings is 1. The van der Waals surface area contributed by atoms with Gasteiger partial charge < -0.3 is 5.32 Å². The number of hydrogen-bond donors (Lipinski definition) is 1. The standard InChI is InChI=1S/C18H27F2N/c1-12(13-6-7-15(19)16(20)8-13)21-14-9-17(2,3)11-18(4,5)10-14/h6-8,12,14,21H,9-11H2,1-5H3. The first-order valence-corrected chi connectivity index (χ1v) is 7.79. The third-order valence-electron chi connectivity index (χ3n) is 4.48. The second-order valence-electron chi connectivity index (χ2n) is 8.17. The molecule has 1 aliphatic carbocycles. The highest BCUT2D eigenvalue weighted by Gasteiger charge is 2.38. The lowest BCUT2D eigenvalue weighted by Gasteiger charge is -2.46. The first kappa shape index (κ1) is 16.4. The molecule has 2 rings (SSSR count). The van der Waals surface area contributed by atoms with Crippen LogP contribution in [0.5, 0.6) is 0 Å². The Bertz CT molecular complexity index is 492. The topological polar surface area (TPSA) is 12.0 Å². The van der Waals surface area contributed by atoms with Crippen molar-refractivity contribution in [1.82, 2.24) is 5.32 Å². The normalized spacial score (nSPS) is 23.0. The van der Waals surface area contributed by atoms with Crippen molar-refractivity contribution in [2.75, 3.05) is 0 Å². The highest BCUT2D eigenvalue weighted by molar-refractivity contribution is 5.21. The van der Waals surface area contributed by atoms with E-state index < -0.39 is 11.6 Å². The molecule has 1 unspecified atom stereocenters. The molecule has 0 heterocycles. The van der Waals surface area contributed by atoms with Crippen molar-refractivity contribution < 1.29 is 8.78 Å². The molecule has 0 radical (unpaired) electrons. The zero-order valence-corrected chi connectivity index (χ0v) is 13.8. The molecule has 0 spiro atoms. The van der Waals surface area contributed by atoms with Crippen molar-refractivity contribution in [3.63, 3.8) is 0 Å². The van der Waals surface area contributed by atoms with Crippen LogP contribution in [0.25, 0.3) is 0 Å². The van der Waals surface area contributed by atoms with Crippen molar-refractivity contribution in [2.24, 2.45) is 10.8 Å². The molecule has 21 heavy (non-hydrogen) atoms. The van der Waals surface area contributed by atoms with E-state index in [2.05, 4.69) is 33.0 Å². The predicted octanol–water partition coefficient (Wildman–Crippen LogP) is 5.22. The molecule has 0 bridgehead atoms. The Morgan fingerprint density at radius 1 is 1.05 bits per heavy atom. The van der Waals surface area contributed by atoms with Crippen molar-refractivity contribution in [3.05, 3.63) is 35.4 Å². The van der Waals surface area contributed by atoms with Gasteiger partial charge >= 0.3 is 0 Å². The van der Waals surface area contributed by atoms with Crippen LogP contribution in [0.2, 0.25) is 0 Å². The van der Waals surface area contributed by atoms with Crippen LogP contribution in [0.3, 0.4) is 0 Å². The molecule has 1 aliphatic rings. The highest BCUT2D eigenvalue weighted by atomic mass is 19.2. The third kappa shape index (κ3) is 4.26. The van der Waals surface area contributed by atoms with E-state index in [0.29, 0.717) is 16.9 Å². The Hall–Kier alpha value is -0.960. The Balaban J connectivity index is 2.08. The first-order chi connectivity index (χ1) is 9.58. The average molecular weight is 295 g/mol. The van der Waals surface area contributed by atoms with Gasteiger partial charge in [0.2, 0.25) is 0 Å². The minimum absolute atomic E-state index is 0.0230. The van der Waals surface area contributed by atoms with Crippen LogP contribution < -0.4 is 5.32 Å². The van der Waals surface area contributed by atoms with E-state index in [9.17, 15) is 8.78 Å². The van der Waals surface area contributed by atoms with Crippen molar-refractivity contribution >= 4 is 0 Å². The lowest BCUT2D eigenvalue weighted by Crippen LogP contribution is -2.44. The zero-order valence-electron chi connectivity index (χ0n) is 13.8. The maximum absolute atomic E-state index is 13.4. The molecule has 1 saturated carbocycles. The summed E-state index contributed by atoms with van der Waals surface area (Å²) in [6.07, 6.45) is 3.45. The van der Waals surface area contributed by atoms with E-state index in [1.54, 1.807) is 6.07 Å². The minimum Gasteiger partial charge on any atom is -0.307 e. The molecule has 3 heteroatoms. The summed E-state index contributed by atoms with van der Waals surface area (Å²) in [5, 5.41) is 3.60. The fourth-order valence-electron chi connectivity index (χ4n) is 4.20. The van der Waals surface area contributed by atoms with Crippen LogP contribution in [-0.4, -0.2) is 6.04 Å². The Morgan fingerprint density at radius 3 is 2.14 bits per heavy atom. The quantitative estimate of drug-likeness (QED) is 0.806. The van der Waals surface area contributed by atoms with Crippen LogP contribution in [0.4, 0.5) is 8.78 Å². The molecule has 1 aromatic rings. The summed E-state index contributed by atoms with van der Waals surface area (Å²) in [5.41, 5.74) is 1.43. The van der Waals surface area contributed by atoms with Gasteiger partial charge in [-0.05, 0) is 54.7 Å². The number of halogens is 2. The Morgan fingerprint density at radius 2 is 1.62 bits per heavy atom. The van der Waals surface area contributed by atoms with Crippen molar-refractivity contribution in [3.8, 4) is 0 Å². The van der Waals surface area contributed by atoms with E-state index >= 15 is 0 Å². The lowest BCUT2D eigenvalue weighted by molar-refractivity contribution is 0.0811. The van der Waals surface area contributed by atoms with E-state index in [0.717, 1.165) is 18.4 Å². The largest absolute Gasteiger partial charge is 0.307 e. The second-order valence-corrected chi connectivity index (χ2v) is 8.17. The monoisotopic (exact) mass is 295 g/mol. The molecule has 0 amide bonds. The number of nitrogens with one attached hydrogen (secondary N) is 1. The van der Waals surface area contributed by atoms with Crippen molar-refractivity contribution in [1.29, 1.82) is 0 Å². The van der Waals surface area contributed by atoms with Gasteiger partial charge in [-0.15, -0.1) is 0 Å². The zero-order chi connectivity index (χ0) is 15.8. The summed E-state index contributed by atoms with van der Waals surface area (Å²) >= 11 is 0. The smallest absolute Gasteiger partial charge is 0.159 e.